The van der Waals surface area contributed by atoms with Crippen molar-refractivity contribution in [2.75, 3.05) is 23.8 Å². The topological polar surface area (TPSA) is 66.8 Å². The first-order valence-electron chi connectivity index (χ1n) is 8.79. The van der Waals surface area contributed by atoms with Crippen LogP contribution >= 0.6 is 0 Å². The summed E-state index contributed by atoms with van der Waals surface area (Å²) >= 11 is 0. The Morgan fingerprint density at radius 1 is 1.08 bits per heavy atom. The summed E-state index contributed by atoms with van der Waals surface area (Å²) in [5.74, 6) is 1.72. The van der Waals surface area contributed by atoms with Crippen molar-refractivity contribution in [1.82, 2.24) is 20.2 Å². The van der Waals surface area contributed by atoms with E-state index in [1.165, 1.54) is 11.1 Å². The van der Waals surface area contributed by atoms with Crippen LogP contribution in [0.1, 0.15) is 30.9 Å². The highest BCUT2D eigenvalue weighted by molar-refractivity contribution is 5.61. The molecule has 1 aromatic carbocycles. The van der Waals surface area contributed by atoms with E-state index in [1.807, 2.05) is 42.5 Å². The van der Waals surface area contributed by atoms with E-state index in [0.717, 1.165) is 18.7 Å². The molecule has 134 valence electrons. The number of pyridine rings is 1. The van der Waals surface area contributed by atoms with Crippen LogP contribution in [-0.4, -0.2) is 33.8 Å². The van der Waals surface area contributed by atoms with Gasteiger partial charge >= 0.3 is 0 Å². The van der Waals surface area contributed by atoms with Crippen LogP contribution in [0.4, 0.5) is 17.5 Å². The molecule has 0 aliphatic rings. The van der Waals surface area contributed by atoms with Crippen molar-refractivity contribution in [2.45, 2.75) is 26.2 Å². The molecule has 2 aromatic heterocycles. The lowest BCUT2D eigenvalue weighted by Crippen LogP contribution is -2.23. The molecule has 0 spiro atoms. The van der Waals surface area contributed by atoms with Crippen LogP contribution in [-0.2, 0) is 6.42 Å². The maximum absolute atomic E-state index is 4.61. The number of nitrogens with one attached hydrogen (secondary N) is 1. The highest BCUT2D eigenvalue weighted by atomic mass is 15.3. The minimum atomic E-state index is 0.427. The summed E-state index contributed by atoms with van der Waals surface area (Å²) in [6, 6.07) is 12.3. The summed E-state index contributed by atoms with van der Waals surface area (Å²) in [6.07, 6.45) is 6.17. The smallest absolute Gasteiger partial charge is 0.247 e. The number of nitrogens with zero attached hydrogens (tertiary/aromatic N) is 5. The molecular formula is C20H24N6. The SMILES string of the molecule is CC(C)c1ccccc1Nc1cnnc(N(C)CCc2ccncc2)n1. The van der Waals surface area contributed by atoms with E-state index >= 15 is 0 Å². The third kappa shape index (κ3) is 4.53. The Kier molecular flexibility index (Phi) is 5.73. The van der Waals surface area contributed by atoms with Crippen molar-refractivity contribution >= 4 is 17.5 Å². The third-order valence-corrected chi connectivity index (χ3v) is 4.22. The van der Waals surface area contributed by atoms with Gasteiger partial charge in [-0.1, -0.05) is 32.0 Å². The Bertz CT molecular complexity index is 834. The highest BCUT2D eigenvalue weighted by Gasteiger charge is 2.10. The summed E-state index contributed by atoms with van der Waals surface area (Å²) in [6.45, 7) is 5.16. The molecule has 3 aromatic rings. The average molecular weight is 348 g/mol. The van der Waals surface area contributed by atoms with Crippen molar-refractivity contribution in [3.63, 3.8) is 0 Å². The fraction of sp³-hybridized carbons (Fsp3) is 0.300. The van der Waals surface area contributed by atoms with Gasteiger partial charge < -0.3 is 10.2 Å². The first-order chi connectivity index (χ1) is 12.6. The molecule has 1 N–H and O–H groups in total. The maximum Gasteiger partial charge on any atom is 0.247 e. The molecule has 0 saturated heterocycles. The van der Waals surface area contributed by atoms with Crippen LogP contribution in [0.2, 0.25) is 0 Å². The minimum absolute atomic E-state index is 0.427. The number of aromatic nitrogens is 4. The number of hydrogen-bond donors (Lipinski definition) is 1. The first-order valence-corrected chi connectivity index (χ1v) is 8.79. The van der Waals surface area contributed by atoms with Crippen LogP contribution in [0, 0.1) is 0 Å². The van der Waals surface area contributed by atoms with Crippen LogP contribution in [0.25, 0.3) is 0 Å². The van der Waals surface area contributed by atoms with Gasteiger partial charge in [0.25, 0.3) is 0 Å². The van der Waals surface area contributed by atoms with Crippen LogP contribution in [0.5, 0.6) is 0 Å². The van der Waals surface area contributed by atoms with Gasteiger partial charge in [0.15, 0.2) is 5.82 Å². The number of benzene rings is 1. The van der Waals surface area contributed by atoms with Crippen molar-refractivity contribution in [2.24, 2.45) is 0 Å². The van der Waals surface area contributed by atoms with E-state index in [2.05, 4.69) is 57.5 Å². The molecular weight excluding hydrogens is 324 g/mol. The van der Waals surface area contributed by atoms with E-state index < -0.39 is 0 Å². The van der Waals surface area contributed by atoms with Gasteiger partial charge in [0.1, 0.15) is 0 Å². The zero-order valence-electron chi connectivity index (χ0n) is 15.4. The van der Waals surface area contributed by atoms with Crippen molar-refractivity contribution in [3.05, 3.63) is 66.1 Å². The van der Waals surface area contributed by atoms with Crippen molar-refractivity contribution in [1.29, 1.82) is 0 Å². The lowest BCUT2D eigenvalue weighted by atomic mass is 10.0. The monoisotopic (exact) mass is 348 g/mol. The second-order valence-electron chi connectivity index (χ2n) is 6.54. The molecule has 26 heavy (non-hydrogen) atoms. The molecule has 0 atom stereocenters. The third-order valence-electron chi connectivity index (χ3n) is 4.22. The van der Waals surface area contributed by atoms with Gasteiger partial charge in [0, 0.05) is 31.7 Å². The molecule has 6 heteroatoms. The summed E-state index contributed by atoms with van der Waals surface area (Å²) in [5, 5.41) is 11.6. The second-order valence-corrected chi connectivity index (χ2v) is 6.54. The van der Waals surface area contributed by atoms with Crippen LogP contribution in [0.3, 0.4) is 0 Å². The number of hydrogen-bond acceptors (Lipinski definition) is 6. The zero-order chi connectivity index (χ0) is 18.4. The Hall–Kier alpha value is -3.02. The number of para-hydroxylation sites is 1. The predicted octanol–water partition coefficient (Wildman–Crippen LogP) is 3.81. The standard InChI is InChI=1S/C20H24N6/c1-15(2)17-6-4-5-7-18(17)23-19-14-22-25-20(24-19)26(3)13-10-16-8-11-21-12-9-16/h4-9,11-12,14-15H,10,13H2,1-3H3,(H,23,24,25). The van der Waals surface area contributed by atoms with E-state index in [9.17, 15) is 0 Å². The summed E-state index contributed by atoms with van der Waals surface area (Å²) < 4.78 is 0. The van der Waals surface area contributed by atoms with Crippen LogP contribution in [0.15, 0.2) is 55.0 Å². The molecule has 0 amide bonds. The van der Waals surface area contributed by atoms with Crippen molar-refractivity contribution in [3.8, 4) is 0 Å². The van der Waals surface area contributed by atoms with Gasteiger partial charge in [-0.15, -0.1) is 5.10 Å². The molecule has 3 rings (SSSR count). The average Bonchev–Trinajstić information content (AvgIpc) is 2.67. The van der Waals surface area contributed by atoms with E-state index in [4.69, 9.17) is 0 Å². The zero-order valence-corrected chi connectivity index (χ0v) is 15.4. The van der Waals surface area contributed by atoms with Gasteiger partial charge in [-0.25, -0.2) is 0 Å². The van der Waals surface area contributed by atoms with E-state index in [1.54, 1.807) is 6.20 Å². The molecule has 2 heterocycles. The Labute approximate surface area is 154 Å². The quantitative estimate of drug-likeness (QED) is 0.700. The minimum Gasteiger partial charge on any atom is -0.342 e. The van der Waals surface area contributed by atoms with E-state index in [-0.39, 0.29) is 0 Å². The Morgan fingerprint density at radius 2 is 1.85 bits per heavy atom. The molecule has 0 saturated carbocycles. The molecule has 0 fully saturated rings. The molecule has 0 aliphatic heterocycles. The Morgan fingerprint density at radius 3 is 2.62 bits per heavy atom. The van der Waals surface area contributed by atoms with Gasteiger partial charge in [0.05, 0.1) is 6.20 Å². The number of likely N-dealkylation sites (N-methyl/N-ethyl adjacent to an activating group) is 1. The van der Waals surface area contributed by atoms with Gasteiger partial charge in [-0.05, 0) is 41.7 Å². The number of anilines is 3. The van der Waals surface area contributed by atoms with Gasteiger partial charge in [-0.2, -0.15) is 10.1 Å². The summed E-state index contributed by atoms with van der Waals surface area (Å²) in [5.41, 5.74) is 3.53. The molecule has 0 unspecified atom stereocenters. The lowest BCUT2D eigenvalue weighted by molar-refractivity contribution is 0.811. The largest absolute Gasteiger partial charge is 0.342 e. The molecule has 0 bridgehead atoms. The molecule has 6 nitrogen and oxygen atoms in total. The lowest BCUT2D eigenvalue weighted by Gasteiger charge is -2.18. The fourth-order valence-electron chi connectivity index (χ4n) is 2.71. The normalized spacial score (nSPS) is 10.8. The van der Waals surface area contributed by atoms with Gasteiger partial charge in [0.2, 0.25) is 5.95 Å². The second kappa shape index (κ2) is 8.38. The first kappa shape index (κ1) is 17.8. The molecule has 0 aliphatic carbocycles. The van der Waals surface area contributed by atoms with E-state index in [0.29, 0.717) is 17.7 Å². The van der Waals surface area contributed by atoms with Crippen molar-refractivity contribution < 1.29 is 0 Å². The predicted molar refractivity (Wildman–Crippen MR) is 105 cm³/mol. The highest BCUT2D eigenvalue weighted by Crippen LogP contribution is 2.26. The number of rotatable bonds is 7. The fourth-order valence-corrected chi connectivity index (χ4v) is 2.71. The van der Waals surface area contributed by atoms with Crippen LogP contribution < -0.4 is 10.2 Å². The van der Waals surface area contributed by atoms with Gasteiger partial charge in [-0.3, -0.25) is 4.98 Å². The maximum atomic E-state index is 4.61. The summed E-state index contributed by atoms with van der Waals surface area (Å²) in [7, 11) is 1.98. The Balaban J connectivity index is 1.70. The summed E-state index contributed by atoms with van der Waals surface area (Å²) in [4.78, 5) is 10.7. The molecule has 0 radical (unpaired) electrons.